The van der Waals surface area contributed by atoms with Crippen LogP contribution in [0.2, 0.25) is 0 Å². The van der Waals surface area contributed by atoms with Gasteiger partial charge in [-0.15, -0.1) is 0 Å². The van der Waals surface area contributed by atoms with Gasteiger partial charge in [-0.3, -0.25) is 10.1 Å². The van der Waals surface area contributed by atoms with Gasteiger partial charge in [0.1, 0.15) is 5.75 Å². The standard InChI is InChI=1S/C20H25N3O3S/c1-5-17(15-8-6-14(7-9-15)13(2)3)21-20(27)22-18-11-10-16(23(24)25)12-19(18)26-4/h6-13,17H,5H2,1-4H3,(H2,21,22,27). The van der Waals surface area contributed by atoms with E-state index in [9.17, 15) is 10.1 Å². The molecule has 0 aliphatic carbocycles. The van der Waals surface area contributed by atoms with E-state index in [1.807, 2.05) is 0 Å². The van der Waals surface area contributed by atoms with E-state index in [4.69, 9.17) is 17.0 Å². The van der Waals surface area contributed by atoms with Crippen molar-refractivity contribution in [2.75, 3.05) is 12.4 Å². The molecule has 0 aliphatic heterocycles. The largest absolute Gasteiger partial charge is 0.494 e. The summed E-state index contributed by atoms with van der Waals surface area (Å²) in [6, 6.07) is 12.9. The first kappa shape index (κ1) is 20.6. The summed E-state index contributed by atoms with van der Waals surface area (Å²) in [6.07, 6.45) is 0.861. The van der Waals surface area contributed by atoms with Gasteiger partial charge in [-0.05, 0) is 41.7 Å². The maximum Gasteiger partial charge on any atom is 0.273 e. The third kappa shape index (κ3) is 5.40. The van der Waals surface area contributed by atoms with Crippen LogP contribution in [-0.2, 0) is 0 Å². The maximum absolute atomic E-state index is 10.9. The van der Waals surface area contributed by atoms with Crippen molar-refractivity contribution < 1.29 is 9.66 Å². The smallest absolute Gasteiger partial charge is 0.273 e. The second-order valence-corrected chi connectivity index (χ2v) is 6.93. The molecule has 0 saturated heterocycles. The highest BCUT2D eigenvalue weighted by atomic mass is 32.1. The molecule has 0 amide bonds. The molecule has 2 aromatic rings. The number of nitro benzene ring substituents is 1. The first-order chi connectivity index (χ1) is 12.8. The Morgan fingerprint density at radius 1 is 1.19 bits per heavy atom. The number of ether oxygens (including phenoxy) is 1. The van der Waals surface area contributed by atoms with Crippen molar-refractivity contribution in [2.45, 2.75) is 39.2 Å². The third-order valence-corrected chi connectivity index (χ3v) is 4.58. The molecule has 27 heavy (non-hydrogen) atoms. The fraction of sp³-hybridized carbons (Fsp3) is 0.350. The molecular weight excluding hydrogens is 362 g/mol. The van der Waals surface area contributed by atoms with Crippen LogP contribution in [-0.4, -0.2) is 17.1 Å². The number of non-ortho nitro benzene ring substituents is 1. The zero-order valence-electron chi connectivity index (χ0n) is 16.0. The van der Waals surface area contributed by atoms with Crippen LogP contribution < -0.4 is 15.4 Å². The number of rotatable bonds is 7. The summed E-state index contributed by atoms with van der Waals surface area (Å²) in [5, 5.41) is 17.7. The minimum absolute atomic E-state index is 0.0343. The van der Waals surface area contributed by atoms with E-state index in [2.05, 4.69) is 55.7 Å². The Morgan fingerprint density at radius 2 is 1.81 bits per heavy atom. The minimum Gasteiger partial charge on any atom is -0.494 e. The Labute approximate surface area is 165 Å². The van der Waals surface area contributed by atoms with Crippen LogP contribution in [0.25, 0.3) is 0 Å². The van der Waals surface area contributed by atoms with Gasteiger partial charge in [0.25, 0.3) is 5.69 Å². The van der Waals surface area contributed by atoms with Crippen molar-refractivity contribution in [2.24, 2.45) is 0 Å². The van der Waals surface area contributed by atoms with Gasteiger partial charge < -0.3 is 15.4 Å². The fourth-order valence-corrected chi connectivity index (χ4v) is 3.00. The topological polar surface area (TPSA) is 76.4 Å². The average molecular weight is 388 g/mol. The summed E-state index contributed by atoms with van der Waals surface area (Å²) in [5.41, 5.74) is 2.99. The number of hydrogen-bond donors (Lipinski definition) is 2. The van der Waals surface area contributed by atoms with Crippen molar-refractivity contribution in [3.8, 4) is 5.75 Å². The van der Waals surface area contributed by atoms with Crippen molar-refractivity contribution >= 4 is 28.7 Å². The number of methoxy groups -OCH3 is 1. The molecule has 0 fully saturated rings. The molecule has 6 nitrogen and oxygen atoms in total. The maximum atomic E-state index is 10.9. The van der Waals surface area contributed by atoms with Crippen molar-refractivity contribution in [3.63, 3.8) is 0 Å². The fourth-order valence-electron chi connectivity index (χ4n) is 2.75. The summed E-state index contributed by atoms with van der Waals surface area (Å²) in [7, 11) is 1.46. The minimum atomic E-state index is -0.462. The molecule has 0 radical (unpaired) electrons. The predicted molar refractivity (Wildman–Crippen MR) is 113 cm³/mol. The van der Waals surface area contributed by atoms with Crippen LogP contribution in [0.4, 0.5) is 11.4 Å². The molecule has 1 unspecified atom stereocenters. The van der Waals surface area contributed by atoms with Crippen LogP contribution >= 0.6 is 12.2 Å². The van der Waals surface area contributed by atoms with Crippen LogP contribution in [0.5, 0.6) is 5.75 Å². The molecule has 2 N–H and O–H groups in total. The lowest BCUT2D eigenvalue weighted by Crippen LogP contribution is -2.32. The normalized spacial score (nSPS) is 11.7. The summed E-state index contributed by atoms with van der Waals surface area (Å²) in [6.45, 7) is 6.42. The second-order valence-electron chi connectivity index (χ2n) is 6.52. The molecule has 2 rings (SSSR count). The van der Waals surface area contributed by atoms with Crippen LogP contribution in [0.15, 0.2) is 42.5 Å². The van der Waals surface area contributed by atoms with Gasteiger partial charge in [0.15, 0.2) is 5.11 Å². The molecule has 0 heterocycles. The number of anilines is 1. The summed E-state index contributed by atoms with van der Waals surface area (Å²) >= 11 is 5.43. The molecule has 0 spiro atoms. The summed E-state index contributed by atoms with van der Waals surface area (Å²) in [5.74, 6) is 0.854. The average Bonchev–Trinajstić information content (AvgIpc) is 2.66. The number of nitrogens with zero attached hydrogens (tertiary/aromatic N) is 1. The Balaban J connectivity index is 2.10. The quantitative estimate of drug-likeness (QED) is 0.388. The zero-order chi connectivity index (χ0) is 20.0. The molecule has 0 bridgehead atoms. The first-order valence-electron chi connectivity index (χ1n) is 8.85. The van der Waals surface area contributed by atoms with E-state index in [-0.39, 0.29) is 11.7 Å². The third-order valence-electron chi connectivity index (χ3n) is 4.36. The molecule has 0 aromatic heterocycles. The summed E-state index contributed by atoms with van der Waals surface area (Å²) in [4.78, 5) is 10.4. The number of nitrogens with one attached hydrogen (secondary N) is 2. The highest BCUT2D eigenvalue weighted by Gasteiger charge is 2.15. The molecule has 1 atom stereocenters. The van der Waals surface area contributed by atoms with Gasteiger partial charge in [0, 0.05) is 6.07 Å². The van der Waals surface area contributed by atoms with E-state index >= 15 is 0 Å². The Morgan fingerprint density at radius 3 is 2.33 bits per heavy atom. The zero-order valence-corrected chi connectivity index (χ0v) is 16.8. The Hall–Kier alpha value is -2.67. The van der Waals surface area contributed by atoms with E-state index in [1.165, 1.54) is 24.8 Å². The van der Waals surface area contributed by atoms with Crippen LogP contribution in [0.3, 0.4) is 0 Å². The molecular formula is C20H25N3O3S. The lowest BCUT2D eigenvalue weighted by atomic mass is 9.98. The first-order valence-corrected chi connectivity index (χ1v) is 9.26. The molecule has 0 aliphatic rings. The highest BCUT2D eigenvalue weighted by molar-refractivity contribution is 7.80. The number of thiocarbonyl (C=S) groups is 1. The van der Waals surface area contributed by atoms with E-state index < -0.39 is 4.92 Å². The van der Waals surface area contributed by atoms with Crippen molar-refractivity contribution in [1.82, 2.24) is 5.32 Å². The number of hydrogen-bond acceptors (Lipinski definition) is 4. The lowest BCUT2D eigenvalue weighted by Gasteiger charge is -2.21. The monoisotopic (exact) mass is 387 g/mol. The lowest BCUT2D eigenvalue weighted by molar-refractivity contribution is -0.384. The summed E-state index contributed by atoms with van der Waals surface area (Å²) < 4.78 is 5.23. The second kappa shape index (κ2) is 9.32. The molecule has 0 saturated carbocycles. The van der Waals surface area contributed by atoms with Crippen molar-refractivity contribution in [3.05, 3.63) is 63.7 Å². The molecule has 2 aromatic carbocycles. The Bertz CT molecular complexity index is 807. The highest BCUT2D eigenvalue weighted by Crippen LogP contribution is 2.29. The van der Waals surface area contributed by atoms with E-state index in [0.29, 0.717) is 22.5 Å². The van der Waals surface area contributed by atoms with Gasteiger partial charge >= 0.3 is 0 Å². The van der Waals surface area contributed by atoms with Gasteiger partial charge in [0.05, 0.1) is 29.8 Å². The van der Waals surface area contributed by atoms with Crippen LogP contribution in [0.1, 0.15) is 50.3 Å². The predicted octanol–water partition coefficient (Wildman–Crippen LogP) is 5.16. The van der Waals surface area contributed by atoms with E-state index in [1.54, 1.807) is 6.07 Å². The van der Waals surface area contributed by atoms with Crippen molar-refractivity contribution in [1.29, 1.82) is 0 Å². The number of nitro groups is 1. The molecule has 7 heteroatoms. The Kier molecular flexibility index (Phi) is 7.12. The van der Waals surface area contributed by atoms with Crippen LogP contribution in [0, 0.1) is 10.1 Å². The van der Waals surface area contributed by atoms with E-state index in [0.717, 1.165) is 12.0 Å². The van der Waals surface area contributed by atoms with Gasteiger partial charge in [-0.25, -0.2) is 0 Å². The van der Waals surface area contributed by atoms with Gasteiger partial charge in [0.2, 0.25) is 0 Å². The SMILES string of the molecule is CCC(NC(=S)Nc1ccc([N+](=O)[O-])cc1OC)c1ccc(C(C)C)cc1. The number of benzene rings is 2. The molecule has 144 valence electrons. The van der Waals surface area contributed by atoms with Gasteiger partial charge in [-0.2, -0.15) is 0 Å². The van der Waals surface area contributed by atoms with Gasteiger partial charge in [-0.1, -0.05) is 45.0 Å².